The lowest BCUT2D eigenvalue weighted by Crippen LogP contribution is -2.48. The van der Waals surface area contributed by atoms with E-state index in [9.17, 15) is 13.2 Å². The Hall–Kier alpha value is -2.88. The third-order valence-electron chi connectivity index (χ3n) is 5.91. The highest BCUT2D eigenvalue weighted by Gasteiger charge is 2.29. The van der Waals surface area contributed by atoms with Gasteiger partial charge in [-0.1, -0.05) is 24.3 Å². The quantitative estimate of drug-likeness (QED) is 0.601. The normalized spacial score (nSPS) is 18.0. The summed E-state index contributed by atoms with van der Waals surface area (Å²) in [6, 6.07) is 15.1. The SMILES string of the molecule is COc1ccc(C=CC(=O)N2CCN(c3ccccc3)CC2)cc1S(=O)(=O)N1CCOCC1. The summed E-state index contributed by atoms with van der Waals surface area (Å²) in [5.74, 6) is 0.193. The summed E-state index contributed by atoms with van der Waals surface area (Å²) in [6.07, 6.45) is 3.16. The van der Waals surface area contributed by atoms with Gasteiger partial charge in [0.05, 0.1) is 20.3 Å². The second-order valence-electron chi connectivity index (χ2n) is 7.91. The lowest BCUT2D eigenvalue weighted by Gasteiger charge is -2.35. The fraction of sp³-hybridized carbons (Fsp3) is 0.375. The van der Waals surface area contributed by atoms with Crippen molar-refractivity contribution in [2.75, 3.05) is 64.5 Å². The highest BCUT2D eigenvalue weighted by Crippen LogP contribution is 2.29. The molecule has 1 amide bonds. The van der Waals surface area contributed by atoms with Crippen LogP contribution in [0.15, 0.2) is 59.5 Å². The number of hydrogen-bond acceptors (Lipinski definition) is 6. The summed E-state index contributed by atoms with van der Waals surface area (Å²) < 4.78 is 38.3. The lowest BCUT2D eigenvalue weighted by molar-refractivity contribution is -0.126. The highest BCUT2D eigenvalue weighted by molar-refractivity contribution is 7.89. The molecule has 2 aliphatic rings. The predicted molar refractivity (Wildman–Crippen MR) is 127 cm³/mol. The van der Waals surface area contributed by atoms with E-state index in [0.29, 0.717) is 45.0 Å². The van der Waals surface area contributed by atoms with Crippen molar-refractivity contribution in [3.05, 3.63) is 60.2 Å². The summed E-state index contributed by atoms with van der Waals surface area (Å²) in [7, 11) is -2.28. The Labute approximate surface area is 195 Å². The van der Waals surface area contributed by atoms with Crippen molar-refractivity contribution in [2.24, 2.45) is 0 Å². The van der Waals surface area contributed by atoms with E-state index in [1.165, 1.54) is 17.5 Å². The van der Waals surface area contributed by atoms with E-state index in [4.69, 9.17) is 9.47 Å². The predicted octanol–water partition coefficient (Wildman–Crippen LogP) is 2.08. The van der Waals surface area contributed by atoms with Crippen molar-refractivity contribution in [1.82, 2.24) is 9.21 Å². The zero-order valence-corrected chi connectivity index (χ0v) is 19.5. The van der Waals surface area contributed by atoms with Crippen LogP contribution in [-0.4, -0.2) is 83.1 Å². The maximum absolute atomic E-state index is 13.1. The van der Waals surface area contributed by atoms with Crippen LogP contribution < -0.4 is 9.64 Å². The van der Waals surface area contributed by atoms with Gasteiger partial charge in [0, 0.05) is 51.0 Å². The van der Waals surface area contributed by atoms with E-state index in [1.54, 1.807) is 24.3 Å². The second kappa shape index (κ2) is 10.4. The van der Waals surface area contributed by atoms with Crippen molar-refractivity contribution in [1.29, 1.82) is 0 Å². The van der Waals surface area contributed by atoms with Gasteiger partial charge in [-0.25, -0.2) is 8.42 Å². The zero-order chi connectivity index (χ0) is 23.3. The van der Waals surface area contributed by atoms with Gasteiger partial charge in [0.25, 0.3) is 0 Å². The molecule has 33 heavy (non-hydrogen) atoms. The number of carbonyl (C=O) groups excluding carboxylic acids is 1. The highest BCUT2D eigenvalue weighted by atomic mass is 32.2. The van der Waals surface area contributed by atoms with Gasteiger partial charge in [0.15, 0.2) is 0 Å². The van der Waals surface area contributed by atoms with E-state index >= 15 is 0 Å². The van der Waals surface area contributed by atoms with Crippen LogP contribution in [0.5, 0.6) is 5.75 Å². The van der Waals surface area contributed by atoms with Gasteiger partial charge in [-0.2, -0.15) is 4.31 Å². The molecule has 0 saturated carbocycles. The number of carbonyl (C=O) groups is 1. The van der Waals surface area contributed by atoms with E-state index < -0.39 is 10.0 Å². The Kier molecular flexibility index (Phi) is 7.32. The Morgan fingerprint density at radius 3 is 2.33 bits per heavy atom. The molecule has 0 atom stereocenters. The number of rotatable bonds is 6. The van der Waals surface area contributed by atoms with Crippen LogP contribution in [0, 0.1) is 0 Å². The Balaban J connectivity index is 1.44. The topological polar surface area (TPSA) is 79.4 Å². The zero-order valence-electron chi connectivity index (χ0n) is 18.7. The van der Waals surface area contributed by atoms with Gasteiger partial charge in [-0.05, 0) is 35.9 Å². The molecule has 0 bridgehead atoms. The molecule has 2 fully saturated rings. The molecule has 2 aromatic rings. The van der Waals surface area contributed by atoms with Crippen LogP contribution in [-0.2, 0) is 19.6 Å². The van der Waals surface area contributed by atoms with E-state index in [2.05, 4.69) is 17.0 Å². The molecule has 2 saturated heterocycles. The molecule has 0 unspecified atom stereocenters. The molecule has 2 heterocycles. The fourth-order valence-electron chi connectivity index (χ4n) is 4.02. The first-order valence-electron chi connectivity index (χ1n) is 11.0. The van der Waals surface area contributed by atoms with Crippen molar-refractivity contribution in [3.8, 4) is 5.75 Å². The maximum Gasteiger partial charge on any atom is 0.246 e. The molecule has 0 aromatic heterocycles. The molecule has 2 aromatic carbocycles. The number of benzene rings is 2. The Morgan fingerprint density at radius 1 is 0.970 bits per heavy atom. The molecule has 176 valence electrons. The van der Waals surface area contributed by atoms with E-state index in [-0.39, 0.29) is 16.6 Å². The molecular weight excluding hydrogens is 442 g/mol. The minimum Gasteiger partial charge on any atom is -0.495 e. The second-order valence-corrected chi connectivity index (χ2v) is 9.81. The molecule has 9 heteroatoms. The van der Waals surface area contributed by atoms with Gasteiger partial charge in [-0.15, -0.1) is 0 Å². The smallest absolute Gasteiger partial charge is 0.246 e. The minimum absolute atomic E-state index is 0.0869. The van der Waals surface area contributed by atoms with E-state index in [0.717, 1.165) is 18.8 Å². The molecule has 8 nitrogen and oxygen atoms in total. The monoisotopic (exact) mass is 471 g/mol. The summed E-state index contributed by atoms with van der Waals surface area (Å²) in [5.41, 5.74) is 1.78. The molecule has 2 aliphatic heterocycles. The minimum atomic E-state index is -3.73. The Morgan fingerprint density at radius 2 is 1.67 bits per heavy atom. The van der Waals surface area contributed by atoms with Crippen LogP contribution in [0.4, 0.5) is 5.69 Å². The van der Waals surface area contributed by atoms with Crippen LogP contribution in [0.2, 0.25) is 0 Å². The van der Waals surface area contributed by atoms with Crippen LogP contribution in [0.25, 0.3) is 6.08 Å². The molecular formula is C24H29N3O5S. The average molecular weight is 472 g/mol. The summed E-state index contributed by atoms with van der Waals surface area (Å²) in [6.45, 7) is 4.16. The first-order chi connectivity index (χ1) is 16.0. The van der Waals surface area contributed by atoms with Crippen molar-refractivity contribution >= 4 is 27.7 Å². The number of hydrogen-bond donors (Lipinski definition) is 0. The third kappa shape index (κ3) is 5.38. The van der Waals surface area contributed by atoms with Crippen LogP contribution in [0.3, 0.4) is 0 Å². The third-order valence-corrected chi connectivity index (χ3v) is 7.83. The molecule has 0 spiro atoms. The van der Waals surface area contributed by atoms with Gasteiger partial charge in [0.2, 0.25) is 15.9 Å². The first-order valence-corrected chi connectivity index (χ1v) is 12.5. The number of para-hydroxylation sites is 1. The average Bonchev–Trinajstić information content (AvgIpc) is 2.88. The number of anilines is 1. The van der Waals surface area contributed by atoms with Crippen molar-refractivity contribution < 1.29 is 22.7 Å². The molecule has 0 radical (unpaired) electrons. The first kappa shape index (κ1) is 23.3. The number of ether oxygens (including phenoxy) is 2. The molecule has 0 aliphatic carbocycles. The number of piperazine rings is 1. The Bertz CT molecular complexity index is 1090. The van der Waals surface area contributed by atoms with Gasteiger partial charge < -0.3 is 19.3 Å². The van der Waals surface area contributed by atoms with Gasteiger partial charge >= 0.3 is 0 Å². The molecule has 0 N–H and O–H groups in total. The summed E-state index contributed by atoms with van der Waals surface area (Å²) in [5, 5.41) is 0. The fourth-order valence-corrected chi connectivity index (χ4v) is 5.62. The molecule has 4 rings (SSSR count). The maximum atomic E-state index is 13.1. The number of amides is 1. The lowest BCUT2D eigenvalue weighted by atomic mass is 10.2. The largest absolute Gasteiger partial charge is 0.495 e. The van der Waals surface area contributed by atoms with Gasteiger partial charge in [-0.3, -0.25) is 4.79 Å². The van der Waals surface area contributed by atoms with Crippen molar-refractivity contribution in [2.45, 2.75) is 4.90 Å². The van der Waals surface area contributed by atoms with Crippen molar-refractivity contribution in [3.63, 3.8) is 0 Å². The standard InChI is InChI=1S/C24H29N3O5S/c1-31-22-9-7-20(19-23(22)33(29,30)27-15-17-32-18-16-27)8-10-24(28)26-13-11-25(12-14-26)21-5-3-2-4-6-21/h2-10,19H,11-18H2,1H3. The summed E-state index contributed by atoms with van der Waals surface area (Å²) in [4.78, 5) is 16.9. The van der Waals surface area contributed by atoms with Crippen LogP contribution >= 0.6 is 0 Å². The van der Waals surface area contributed by atoms with E-state index in [1.807, 2.05) is 23.1 Å². The van der Waals surface area contributed by atoms with Gasteiger partial charge in [0.1, 0.15) is 10.6 Å². The summed E-state index contributed by atoms with van der Waals surface area (Å²) >= 11 is 0. The van der Waals surface area contributed by atoms with Crippen LogP contribution in [0.1, 0.15) is 5.56 Å². The number of morpholine rings is 1. The number of sulfonamides is 1. The number of methoxy groups -OCH3 is 1. The number of nitrogens with zero attached hydrogens (tertiary/aromatic N) is 3.